The third kappa shape index (κ3) is 4.67. The summed E-state index contributed by atoms with van der Waals surface area (Å²) in [5, 5.41) is 10.4. The van der Waals surface area contributed by atoms with Crippen LogP contribution in [-0.4, -0.2) is 39.9 Å². The van der Waals surface area contributed by atoms with Crippen LogP contribution in [0.4, 0.5) is 0 Å². The molecule has 0 saturated heterocycles. The fourth-order valence-electron chi connectivity index (χ4n) is 3.96. The van der Waals surface area contributed by atoms with Crippen molar-refractivity contribution in [1.29, 1.82) is 0 Å². The molecule has 2 heterocycles. The van der Waals surface area contributed by atoms with Gasteiger partial charge in [0.05, 0.1) is 12.2 Å². The molecule has 7 nitrogen and oxygen atoms in total. The van der Waals surface area contributed by atoms with E-state index < -0.39 is 11.9 Å². The molecule has 0 amide bonds. The number of carbonyl (C=O) groups is 1. The van der Waals surface area contributed by atoms with Gasteiger partial charge in [-0.3, -0.25) is 4.79 Å². The molecule has 3 aromatic rings. The number of ether oxygens (including phenoxy) is 3. The smallest absolute Gasteiger partial charge is 0.307 e. The normalized spacial score (nSPS) is 16.9. The number of rotatable bonds is 8. The number of hydrogen-bond acceptors (Lipinski definition) is 5. The molecule has 0 bridgehead atoms. The van der Waals surface area contributed by atoms with Gasteiger partial charge in [-0.25, -0.2) is 4.98 Å². The van der Waals surface area contributed by atoms with Crippen molar-refractivity contribution in [2.24, 2.45) is 13.0 Å². The van der Waals surface area contributed by atoms with E-state index in [0.29, 0.717) is 41.9 Å². The number of aromatic nitrogens is 2. The van der Waals surface area contributed by atoms with Crippen LogP contribution in [0.3, 0.4) is 0 Å². The van der Waals surface area contributed by atoms with Crippen LogP contribution in [0.25, 0.3) is 0 Å². The van der Waals surface area contributed by atoms with E-state index in [0.717, 1.165) is 11.3 Å². The molecule has 32 heavy (non-hydrogen) atoms. The van der Waals surface area contributed by atoms with Crippen molar-refractivity contribution in [3.63, 3.8) is 0 Å². The Morgan fingerprint density at radius 3 is 2.72 bits per heavy atom. The second-order valence-electron chi connectivity index (χ2n) is 7.78. The van der Waals surface area contributed by atoms with Crippen molar-refractivity contribution >= 4 is 17.6 Å². The zero-order valence-electron chi connectivity index (χ0n) is 17.9. The van der Waals surface area contributed by atoms with E-state index in [2.05, 4.69) is 4.98 Å². The molecule has 3 atom stereocenters. The summed E-state index contributed by atoms with van der Waals surface area (Å²) >= 11 is 6.03. The molecular weight excluding hydrogens is 432 g/mol. The SMILES string of the molecule is CCC(C(=O)O)C(c1ccc(OCC2COc3ccc(Cl)cc3O2)cc1)c1cncn1C. The fraction of sp³-hybridized carbons (Fsp3) is 0.333. The second kappa shape index (κ2) is 9.53. The van der Waals surface area contributed by atoms with Crippen LogP contribution >= 0.6 is 11.6 Å². The Kier molecular flexibility index (Phi) is 6.55. The van der Waals surface area contributed by atoms with E-state index in [1.54, 1.807) is 30.7 Å². The molecule has 2 aromatic carbocycles. The van der Waals surface area contributed by atoms with Gasteiger partial charge in [0.25, 0.3) is 0 Å². The Morgan fingerprint density at radius 1 is 1.28 bits per heavy atom. The molecule has 0 radical (unpaired) electrons. The van der Waals surface area contributed by atoms with Crippen molar-refractivity contribution in [3.8, 4) is 17.2 Å². The van der Waals surface area contributed by atoms with Crippen molar-refractivity contribution in [1.82, 2.24) is 9.55 Å². The topological polar surface area (TPSA) is 82.8 Å². The minimum absolute atomic E-state index is 0.265. The van der Waals surface area contributed by atoms with Gasteiger partial charge in [-0.15, -0.1) is 0 Å². The molecule has 1 aromatic heterocycles. The van der Waals surface area contributed by atoms with Crippen LogP contribution in [0.5, 0.6) is 17.2 Å². The number of benzene rings is 2. The van der Waals surface area contributed by atoms with Crippen LogP contribution < -0.4 is 14.2 Å². The summed E-state index contributed by atoms with van der Waals surface area (Å²) in [5.41, 5.74) is 1.76. The first-order chi connectivity index (χ1) is 15.5. The lowest BCUT2D eigenvalue weighted by Gasteiger charge is -2.27. The van der Waals surface area contributed by atoms with Crippen LogP contribution in [0, 0.1) is 5.92 Å². The number of imidazole rings is 1. The standard InChI is InChI=1S/C24H25ClN2O5/c1-3-19(24(28)29)23(20-11-26-14-27(20)2)15-4-7-17(8-5-15)30-12-18-13-31-21-9-6-16(25)10-22(21)32-18/h4-11,14,18-19,23H,3,12-13H2,1-2H3,(H,28,29). The van der Waals surface area contributed by atoms with Crippen molar-refractivity contribution in [2.45, 2.75) is 25.4 Å². The van der Waals surface area contributed by atoms with Gasteiger partial charge in [0, 0.05) is 35.9 Å². The number of halogens is 1. The maximum Gasteiger partial charge on any atom is 0.307 e. The molecule has 0 fully saturated rings. The van der Waals surface area contributed by atoms with Gasteiger partial charge >= 0.3 is 5.97 Å². The minimum atomic E-state index is -0.825. The Morgan fingerprint density at radius 2 is 2.06 bits per heavy atom. The molecule has 1 N–H and O–H groups in total. The van der Waals surface area contributed by atoms with Crippen molar-refractivity contribution in [3.05, 3.63) is 71.3 Å². The Bertz CT molecular complexity index is 1080. The van der Waals surface area contributed by atoms with Crippen LogP contribution in [0.1, 0.15) is 30.5 Å². The first kappa shape index (κ1) is 22.0. The van der Waals surface area contributed by atoms with Gasteiger partial charge < -0.3 is 23.9 Å². The number of carboxylic acid groups (broad SMARTS) is 1. The molecule has 1 aliphatic rings. The summed E-state index contributed by atoms with van der Waals surface area (Å²) in [4.78, 5) is 16.1. The summed E-state index contributed by atoms with van der Waals surface area (Å²) in [5.74, 6) is 0.244. The highest BCUT2D eigenvalue weighted by Crippen LogP contribution is 2.36. The quantitative estimate of drug-likeness (QED) is 0.536. The number of nitrogens with zero attached hydrogens (tertiary/aromatic N) is 2. The Hall–Kier alpha value is -3.19. The largest absolute Gasteiger partial charge is 0.490 e. The summed E-state index contributed by atoms with van der Waals surface area (Å²) in [6, 6.07) is 12.8. The summed E-state index contributed by atoms with van der Waals surface area (Å²) in [6.07, 6.45) is 3.66. The molecule has 4 rings (SSSR count). The first-order valence-electron chi connectivity index (χ1n) is 10.5. The first-order valence-corrected chi connectivity index (χ1v) is 10.8. The third-order valence-corrected chi connectivity index (χ3v) is 5.87. The Balaban J connectivity index is 1.46. The van der Waals surface area contributed by atoms with E-state index in [4.69, 9.17) is 25.8 Å². The number of fused-ring (bicyclic) bond motifs is 1. The van der Waals surface area contributed by atoms with Gasteiger partial charge in [0.15, 0.2) is 17.6 Å². The average Bonchev–Trinajstić information content (AvgIpc) is 3.21. The van der Waals surface area contributed by atoms with E-state index in [1.165, 1.54) is 0 Å². The van der Waals surface area contributed by atoms with E-state index >= 15 is 0 Å². The summed E-state index contributed by atoms with van der Waals surface area (Å²) in [7, 11) is 1.87. The predicted molar refractivity (Wildman–Crippen MR) is 120 cm³/mol. The monoisotopic (exact) mass is 456 g/mol. The zero-order valence-corrected chi connectivity index (χ0v) is 18.7. The lowest BCUT2D eigenvalue weighted by atomic mass is 9.82. The Labute approximate surface area is 191 Å². The second-order valence-corrected chi connectivity index (χ2v) is 8.22. The number of aliphatic carboxylic acids is 1. The van der Waals surface area contributed by atoms with Gasteiger partial charge in [-0.2, -0.15) is 0 Å². The fourth-order valence-corrected chi connectivity index (χ4v) is 4.12. The van der Waals surface area contributed by atoms with Gasteiger partial charge in [0.2, 0.25) is 0 Å². The van der Waals surface area contributed by atoms with E-state index in [1.807, 2.05) is 42.8 Å². The molecule has 168 valence electrons. The van der Waals surface area contributed by atoms with Crippen molar-refractivity contribution < 1.29 is 24.1 Å². The van der Waals surface area contributed by atoms with Gasteiger partial charge in [0.1, 0.15) is 19.0 Å². The number of carboxylic acids is 1. The molecule has 0 saturated carbocycles. The number of hydrogen-bond donors (Lipinski definition) is 1. The average molecular weight is 457 g/mol. The molecule has 1 aliphatic heterocycles. The van der Waals surface area contributed by atoms with Crippen LogP contribution in [0.2, 0.25) is 5.02 Å². The van der Waals surface area contributed by atoms with E-state index in [-0.39, 0.29) is 12.0 Å². The minimum Gasteiger partial charge on any atom is -0.490 e. The molecule has 0 spiro atoms. The van der Waals surface area contributed by atoms with Gasteiger partial charge in [-0.1, -0.05) is 30.7 Å². The molecule has 0 aliphatic carbocycles. The highest BCUT2D eigenvalue weighted by Gasteiger charge is 2.31. The van der Waals surface area contributed by atoms with Crippen molar-refractivity contribution in [2.75, 3.05) is 13.2 Å². The summed E-state index contributed by atoms with van der Waals surface area (Å²) < 4.78 is 19.4. The highest BCUT2D eigenvalue weighted by molar-refractivity contribution is 6.30. The van der Waals surface area contributed by atoms with Gasteiger partial charge in [-0.05, 0) is 36.2 Å². The highest BCUT2D eigenvalue weighted by atomic mass is 35.5. The van der Waals surface area contributed by atoms with E-state index in [9.17, 15) is 9.90 Å². The maximum absolute atomic E-state index is 11.9. The lowest BCUT2D eigenvalue weighted by molar-refractivity contribution is -0.142. The third-order valence-electron chi connectivity index (χ3n) is 5.63. The zero-order chi connectivity index (χ0) is 22.7. The lowest BCUT2D eigenvalue weighted by Crippen LogP contribution is -2.34. The maximum atomic E-state index is 11.9. The van der Waals surface area contributed by atoms with Crippen LogP contribution in [-0.2, 0) is 11.8 Å². The number of aryl methyl sites for hydroxylation is 1. The van der Waals surface area contributed by atoms with Crippen LogP contribution in [0.15, 0.2) is 55.0 Å². The predicted octanol–water partition coefficient (Wildman–Crippen LogP) is 4.54. The molecule has 3 unspecified atom stereocenters. The molecule has 8 heteroatoms. The summed E-state index contributed by atoms with van der Waals surface area (Å²) in [6.45, 7) is 2.58. The molecular formula is C24H25ClN2O5.